The molecule has 2 amide bonds. The summed E-state index contributed by atoms with van der Waals surface area (Å²) in [6, 6.07) is 0.0282. The topological polar surface area (TPSA) is 97.4 Å². The van der Waals surface area contributed by atoms with E-state index in [2.05, 4.69) is 29.1 Å². The van der Waals surface area contributed by atoms with E-state index in [1.54, 1.807) is 17.8 Å². The van der Waals surface area contributed by atoms with Crippen LogP contribution in [0.4, 0.5) is 0 Å². The normalized spacial score (nSPS) is 16.4. The first-order chi connectivity index (χ1) is 14.3. The summed E-state index contributed by atoms with van der Waals surface area (Å²) in [7, 11) is 0. The first-order valence-corrected chi connectivity index (χ1v) is 10.7. The Morgan fingerprint density at radius 2 is 2.17 bits per heavy atom. The molecule has 30 heavy (non-hydrogen) atoms. The molecule has 0 aliphatic carbocycles. The molecule has 1 unspecified atom stereocenters. The van der Waals surface area contributed by atoms with Gasteiger partial charge in [0.1, 0.15) is 0 Å². The smallest absolute Gasteiger partial charge is 0.226 e. The third kappa shape index (κ3) is 5.90. The number of likely N-dealkylation sites (tertiary alicyclic amines) is 1. The van der Waals surface area contributed by atoms with Gasteiger partial charge in [0.15, 0.2) is 5.82 Å². The van der Waals surface area contributed by atoms with Crippen LogP contribution in [0.25, 0.3) is 0 Å². The Hall–Kier alpha value is -2.71. The molecule has 0 spiro atoms. The fraction of sp³-hybridized carbons (Fsp3) is 0.667. The lowest BCUT2D eigenvalue weighted by atomic mass is 10.1. The molecule has 2 aromatic heterocycles. The second-order valence-corrected chi connectivity index (χ2v) is 8.48. The molecule has 0 bridgehead atoms. The Morgan fingerprint density at radius 1 is 1.37 bits per heavy atom. The second-order valence-electron chi connectivity index (χ2n) is 8.48. The summed E-state index contributed by atoms with van der Waals surface area (Å²) in [5.41, 5.74) is 1.08. The third-order valence-corrected chi connectivity index (χ3v) is 5.35. The van der Waals surface area contributed by atoms with Gasteiger partial charge in [-0.3, -0.25) is 14.3 Å². The number of carbonyl (C=O) groups is 2. The molecule has 0 N–H and O–H groups in total. The number of nitrogens with zero attached hydrogens (tertiary/aromatic N) is 6. The Balaban J connectivity index is 1.49. The van der Waals surface area contributed by atoms with E-state index in [0.29, 0.717) is 56.7 Å². The van der Waals surface area contributed by atoms with Crippen LogP contribution in [0, 0.1) is 12.8 Å². The standard InChI is InChI=1S/C21H32N6O3/c1-15(2)11-20-23-19(24-30-20)6-10-27(17(4)28)18-5-8-25(14-18)21(29)7-9-26-13-16(3)12-22-26/h12-13,15,18H,5-11,14H2,1-4H3. The van der Waals surface area contributed by atoms with Gasteiger partial charge in [-0.05, 0) is 24.8 Å². The lowest BCUT2D eigenvalue weighted by molar-refractivity contribution is -0.133. The van der Waals surface area contributed by atoms with Crippen molar-refractivity contribution in [3.05, 3.63) is 29.7 Å². The maximum absolute atomic E-state index is 12.6. The summed E-state index contributed by atoms with van der Waals surface area (Å²) in [5.74, 6) is 1.82. The lowest BCUT2D eigenvalue weighted by Gasteiger charge is -2.27. The van der Waals surface area contributed by atoms with Crippen molar-refractivity contribution < 1.29 is 14.1 Å². The molecule has 1 saturated heterocycles. The molecule has 1 aliphatic rings. The number of aryl methyl sites for hydroxylation is 2. The van der Waals surface area contributed by atoms with Gasteiger partial charge in [0.2, 0.25) is 17.7 Å². The van der Waals surface area contributed by atoms with Crippen LogP contribution in [-0.4, -0.2) is 67.2 Å². The van der Waals surface area contributed by atoms with E-state index >= 15 is 0 Å². The van der Waals surface area contributed by atoms with E-state index in [1.807, 2.05) is 22.9 Å². The predicted octanol–water partition coefficient (Wildman–Crippen LogP) is 1.86. The molecular formula is C21H32N6O3. The van der Waals surface area contributed by atoms with E-state index in [9.17, 15) is 9.59 Å². The fourth-order valence-electron chi connectivity index (χ4n) is 3.82. The van der Waals surface area contributed by atoms with E-state index in [4.69, 9.17) is 4.52 Å². The van der Waals surface area contributed by atoms with Gasteiger partial charge in [-0.15, -0.1) is 0 Å². The minimum atomic E-state index is 0.00668. The molecule has 2 aromatic rings. The Labute approximate surface area is 177 Å². The van der Waals surface area contributed by atoms with Gasteiger partial charge in [0.05, 0.1) is 12.2 Å². The minimum absolute atomic E-state index is 0.00668. The fourth-order valence-corrected chi connectivity index (χ4v) is 3.82. The van der Waals surface area contributed by atoms with Gasteiger partial charge in [-0.25, -0.2) is 0 Å². The van der Waals surface area contributed by atoms with Gasteiger partial charge in [-0.1, -0.05) is 19.0 Å². The third-order valence-electron chi connectivity index (χ3n) is 5.35. The van der Waals surface area contributed by atoms with Crippen LogP contribution in [0.2, 0.25) is 0 Å². The molecule has 1 atom stereocenters. The zero-order chi connectivity index (χ0) is 21.7. The first-order valence-electron chi connectivity index (χ1n) is 10.7. The van der Waals surface area contributed by atoms with E-state index in [-0.39, 0.29) is 17.9 Å². The quantitative estimate of drug-likeness (QED) is 0.619. The van der Waals surface area contributed by atoms with Crippen molar-refractivity contribution in [1.29, 1.82) is 0 Å². The lowest BCUT2D eigenvalue weighted by Crippen LogP contribution is -2.42. The van der Waals surface area contributed by atoms with E-state index < -0.39 is 0 Å². The van der Waals surface area contributed by atoms with Crippen molar-refractivity contribution in [2.75, 3.05) is 19.6 Å². The molecule has 0 saturated carbocycles. The summed E-state index contributed by atoms with van der Waals surface area (Å²) in [5, 5.41) is 8.25. The summed E-state index contributed by atoms with van der Waals surface area (Å²) < 4.78 is 7.08. The molecule has 3 heterocycles. The van der Waals surface area contributed by atoms with Crippen molar-refractivity contribution >= 4 is 11.8 Å². The average molecular weight is 417 g/mol. The molecule has 164 valence electrons. The summed E-state index contributed by atoms with van der Waals surface area (Å²) in [6.45, 7) is 10.1. The average Bonchev–Trinajstić information content (AvgIpc) is 3.41. The van der Waals surface area contributed by atoms with Gasteiger partial charge < -0.3 is 14.3 Å². The number of carbonyl (C=O) groups excluding carboxylic acids is 2. The Bertz CT molecular complexity index is 859. The second kappa shape index (κ2) is 9.86. The van der Waals surface area contributed by atoms with Crippen LogP contribution in [0.5, 0.6) is 0 Å². The molecule has 3 rings (SSSR count). The largest absolute Gasteiger partial charge is 0.340 e. The van der Waals surface area contributed by atoms with Gasteiger partial charge in [0.25, 0.3) is 0 Å². The highest BCUT2D eigenvalue weighted by atomic mass is 16.5. The van der Waals surface area contributed by atoms with Crippen LogP contribution in [0.3, 0.4) is 0 Å². The monoisotopic (exact) mass is 416 g/mol. The van der Waals surface area contributed by atoms with Gasteiger partial charge >= 0.3 is 0 Å². The minimum Gasteiger partial charge on any atom is -0.340 e. The predicted molar refractivity (Wildman–Crippen MR) is 110 cm³/mol. The van der Waals surface area contributed by atoms with E-state index in [0.717, 1.165) is 18.4 Å². The molecule has 1 fully saturated rings. The summed E-state index contributed by atoms with van der Waals surface area (Å²) in [4.78, 5) is 32.9. The van der Waals surface area contributed by atoms with Crippen LogP contribution in [-0.2, 0) is 29.0 Å². The highest BCUT2D eigenvalue weighted by Gasteiger charge is 2.31. The summed E-state index contributed by atoms with van der Waals surface area (Å²) in [6.07, 6.45) is 6.22. The van der Waals surface area contributed by atoms with Crippen LogP contribution in [0.15, 0.2) is 16.9 Å². The Morgan fingerprint density at radius 3 is 2.83 bits per heavy atom. The van der Waals surface area contributed by atoms with Crippen LogP contribution >= 0.6 is 0 Å². The van der Waals surface area contributed by atoms with Crippen molar-refractivity contribution in [2.24, 2.45) is 5.92 Å². The summed E-state index contributed by atoms with van der Waals surface area (Å²) >= 11 is 0. The molecule has 1 aliphatic heterocycles. The SMILES string of the molecule is CC(=O)N(CCc1noc(CC(C)C)n1)C1CCN(C(=O)CCn2cc(C)cn2)C1. The number of hydrogen-bond acceptors (Lipinski definition) is 6. The highest BCUT2D eigenvalue weighted by molar-refractivity contribution is 5.77. The first kappa shape index (κ1) is 22.0. The molecule has 9 nitrogen and oxygen atoms in total. The number of amides is 2. The maximum atomic E-state index is 12.6. The van der Waals surface area contributed by atoms with Gasteiger partial charge in [0, 0.05) is 58.6 Å². The molecule has 9 heteroatoms. The van der Waals surface area contributed by atoms with Gasteiger partial charge in [-0.2, -0.15) is 10.1 Å². The van der Waals surface area contributed by atoms with E-state index in [1.165, 1.54) is 0 Å². The maximum Gasteiger partial charge on any atom is 0.226 e. The molecular weight excluding hydrogens is 384 g/mol. The van der Waals surface area contributed by atoms with Crippen LogP contribution < -0.4 is 0 Å². The highest BCUT2D eigenvalue weighted by Crippen LogP contribution is 2.18. The van der Waals surface area contributed by atoms with Crippen LogP contribution in [0.1, 0.15) is 50.9 Å². The number of rotatable bonds is 9. The van der Waals surface area contributed by atoms with Crippen molar-refractivity contribution in [3.63, 3.8) is 0 Å². The molecule has 0 radical (unpaired) electrons. The zero-order valence-corrected chi connectivity index (χ0v) is 18.4. The number of aromatic nitrogens is 4. The number of hydrogen-bond donors (Lipinski definition) is 0. The Kier molecular flexibility index (Phi) is 7.23. The molecule has 0 aromatic carbocycles. The van der Waals surface area contributed by atoms with Crippen molar-refractivity contribution in [2.45, 2.75) is 66.0 Å². The zero-order valence-electron chi connectivity index (χ0n) is 18.4. The van der Waals surface area contributed by atoms with Crippen molar-refractivity contribution in [3.8, 4) is 0 Å². The van der Waals surface area contributed by atoms with Crippen molar-refractivity contribution in [1.82, 2.24) is 29.7 Å².